The van der Waals surface area contributed by atoms with E-state index in [1.807, 2.05) is 4.90 Å². The van der Waals surface area contributed by atoms with Gasteiger partial charge >= 0.3 is 11.9 Å². The van der Waals surface area contributed by atoms with E-state index in [1.54, 1.807) is 19.2 Å². The Balaban J connectivity index is 1.56. The van der Waals surface area contributed by atoms with Crippen LogP contribution >= 0.6 is 0 Å². The highest BCUT2D eigenvalue weighted by molar-refractivity contribution is 6.19. The zero-order valence-electron chi connectivity index (χ0n) is 17.8. The molecule has 0 aliphatic carbocycles. The Morgan fingerprint density at radius 2 is 1.97 bits per heavy atom. The number of benzene rings is 1. The number of nitrogens with one attached hydrogen (secondary N) is 3. The Labute approximate surface area is 188 Å². The van der Waals surface area contributed by atoms with Gasteiger partial charge in [0, 0.05) is 30.3 Å². The molecule has 0 saturated carbocycles. The van der Waals surface area contributed by atoms with Gasteiger partial charge in [-0.25, -0.2) is 4.79 Å². The number of hydrogen-bond acceptors (Lipinski definition) is 9. The molecule has 3 unspecified atom stereocenters. The lowest BCUT2D eigenvalue weighted by Crippen LogP contribution is -2.62. The molecule has 1 aromatic rings. The zero-order chi connectivity index (χ0) is 24.1. The Morgan fingerprint density at radius 1 is 1.27 bits per heavy atom. The lowest BCUT2D eigenvalue weighted by atomic mass is 10.1. The number of aliphatic carboxylic acids is 2. The number of nitrogens with zero attached hydrogens (tertiary/aromatic N) is 3. The predicted octanol–water partition coefficient (Wildman–Crippen LogP) is -1.33. The van der Waals surface area contributed by atoms with Crippen molar-refractivity contribution < 1.29 is 29.4 Å². The molecule has 0 fully saturated rings. The molecule has 13 heteroatoms. The van der Waals surface area contributed by atoms with E-state index in [1.165, 1.54) is 12.1 Å². The van der Waals surface area contributed by atoms with E-state index in [4.69, 9.17) is 10.8 Å². The third-order valence-electron chi connectivity index (χ3n) is 5.37. The van der Waals surface area contributed by atoms with Crippen LogP contribution in [0.1, 0.15) is 23.2 Å². The highest BCUT2D eigenvalue weighted by Gasteiger charge is 2.38. The van der Waals surface area contributed by atoms with Gasteiger partial charge in [-0.05, 0) is 37.7 Å². The highest BCUT2D eigenvalue weighted by atomic mass is 16.4. The molecular formula is C20H25N7O6. The van der Waals surface area contributed by atoms with E-state index in [0.717, 1.165) is 0 Å². The summed E-state index contributed by atoms with van der Waals surface area (Å²) in [6.45, 7) is 0.894. The number of rotatable bonds is 9. The normalized spacial score (nSPS) is 21.1. The molecule has 2 aliphatic rings. The van der Waals surface area contributed by atoms with Crippen molar-refractivity contribution in [3.8, 4) is 0 Å². The Bertz CT molecular complexity index is 1010. The number of carboxylic acids is 2. The molecule has 0 bridgehead atoms. The molecule has 2 amide bonds. The van der Waals surface area contributed by atoms with Crippen molar-refractivity contribution in [2.45, 2.75) is 31.0 Å². The number of nitrogens with two attached hydrogens (primary N) is 1. The first kappa shape index (κ1) is 23.7. The van der Waals surface area contributed by atoms with Crippen LogP contribution in [0.5, 0.6) is 0 Å². The van der Waals surface area contributed by atoms with E-state index in [-0.39, 0.29) is 36.3 Å². The molecule has 1 aromatic carbocycles. The van der Waals surface area contributed by atoms with Gasteiger partial charge in [0.15, 0.2) is 11.9 Å². The molecular weight excluding hydrogens is 434 g/mol. The highest BCUT2D eigenvalue weighted by Crippen LogP contribution is 2.17. The van der Waals surface area contributed by atoms with E-state index in [0.29, 0.717) is 24.6 Å². The number of likely N-dealkylation sites (N-methyl/N-ethyl adjacent to an activating group) is 1. The van der Waals surface area contributed by atoms with Crippen LogP contribution in [0.3, 0.4) is 0 Å². The lowest BCUT2D eigenvalue weighted by molar-refractivity contribution is -0.140. The largest absolute Gasteiger partial charge is 0.481 e. The summed E-state index contributed by atoms with van der Waals surface area (Å²) in [5.74, 6) is -2.93. The number of guanidine groups is 1. The maximum atomic E-state index is 12.3. The van der Waals surface area contributed by atoms with E-state index in [2.05, 4.69) is 25.9 Å². The molecule has 3 atom stereocenters. The number of carbonyl (C=O) groups is 4. The van der Waals surface area contributed by atoms with Crippen LogP contribution in [-0.2, 0) is 14.4 Å². The number of fused-ring (bicyclic) bond motifs is 1. The molecule has 2 aliphatic heterocycles. The smallest absolute Gasteiger partial charge is 0.326 e. The van der Waals surface area contributed by atoms with Crippen molar-refractivity contribution in [3.63, 3.8) is 0 Å². The third kappa shape index (κ3) is 5.83. The second kappa shape index (κ2) is 10.1. The SMILES string of the molecule is CN1C(CNc2ccc(C(=O)NC(CCC(=O)O)C(=O)O)cc2)CN=C2N=C(N)NC(=O)C21. The van der Waals surface area contributed by atoms with Gasteiger partial charge in [0.05, 0.1) is 6.54 Å². The van der Waals surface area contributed by atoms with Crippen LogP contribution in [0.4, 0.5) is 5.69 Å². The number of aliphatic imine (C=N–C) groups is 2. The first-order chi connectivity index (χ1) is 15.7. The maximum absolute atomic E-state index is 12.3. The minimum atomic E-state index is -1.30. The van der Waals surface area contributed by atoms with E-state index < -0.39 is 29.9 Å². The summed E-state index contributed by atoms with van der Waals surface area (Å²) < 4.78 is 0. The number of hydrogen-bond donors (Lipinski definition) is 6. The van der Waals surface area contributed by atoms with Crippen LogP contribution in [0, 0.1) is 0 Å². The minimum absolute atomic E-state index is 0.0284. The molecule has 0 spiro atoms. The van der Waals surface area contributed by atoms with Crippen LogP contribution < -0.4 is 21.7 Å². The molecule has 176 valence electrons. The fourth-order valence-corrected chi connectivity index (χ4v) is 3.50. The zero-order valence-corrected chi connectivity index (χ0v) is 17.8. The quantitative estimate of drug-likeness (QED) is 0.259. The van der Waals surface area contributed by atoms with Crippen LogP contribution in [0.2, 0.25) is 0 Å². The van der Waals surface area contributed by atoms with Crippen molar-refractivity contribution in [1.82, 2.24) is 15.5 Å². The average molecular weight is 459 g/mol. The van der Waals surface area contributed by atoms with Gasteiger partial charge in [-0.2, -0.15) is 4.99 Å². The lowest BCUT2D eigenvalue weighted by Gasteiger charge is -2.38. The topological polar surface area (TPSA) is 199 Å². The Hall–Kier alpha value is -4.00. The molecule has 2 heterocycles. The van der Waals surface area contributed by atoms with Crippen molar-refractivity contribution >= 4 is 41.2 Å². The number of amidine groups is 1. The Morgan fingerprint density at radius 3 is 2.61 bits per heavy atom. The Kier molecular flexibility index (Phi) is 7.23. The fourth-order valence-electron chi connectivity index (χ4n) is 3.50. The van der Waals surface area contributed by atoms with Crippen molar-refractivity contribution in [3.05, 3.63) is 29.8 Å². The average Bonchev–Trinajstić information content (AvgIpc) is 2.75. The van der Waals surface area contributed by atoms with Gasteiger partial charge in [0.25, 0.3) is 11.8 Å². The van der Waals surface area contributed by atoms with Gasteiger partial charge in [0.2, 0.25) is 5.96 Å². The first-order valence-corrected chi connectivity index (χ1v) is 10.2. The molecule has 0 aromatic heterocycles. The van der Waals surface area contributed by atoms with Crippen molar-refractivity contribution in [1.29, 1.82) is 0 Å². The molecule has 13 nitrogen and oxygen atoms in total. The number of amides is 2. The van der Waals surface area contributed by atoms with Crippen LogP contribution in [-0.4, -0.2) is 88.9 Å². The van der Waals surface area contributed by atoms with Crippen molar-refractivity contribution in [2.24, 2.45) is 15.7 Å². The monoisotopic (exact) mass is 459 g/mol. The summed E-state index contributed by atoms with van der Waals surface area (Å²) in [4.78, 5) is 56.8. The number of carboxylic acid groups (broad SMARTS) is 2. The summed E-state index contributed by atoms with van der Waals surface area (Å²) in [6.07, 6.45) is -0.588. The number of anilines is 1. The molecule has 0 saturated heterocycles. The molecule has 0 radical (unpaired) electrons. The van der Waals surface area contributed by atoms with Crippen molar-refractivity contribution in [2.75, 3.05) is 25.5 Å². The van der Waals surface area contributed by atoms with Gasteiger partial charge < -0.3 is 26.6 Å². The van der Waals surface area contributed by atoms with Crippen LogP contribution in [0.15, 0.2) is 34.3 Å². The predicted molar refractivity (Wildman–Crippen MR) is 118 cm³/mol. The summed E-state index contributed by atoms with van der Waals surface area (Å²) >= 11 is 0. The first-order valence-electron chi connectivity index (χ1n) is 10.2. The van der Waals surface area contributed by atoms with Gasteiger partial charge in [-0.1, -0.05) is 0 Å². The summed E-state index contributed by atoms with van der Waals surface area (Å²) in [7, 11) is 1.80. The second-order valence-corrected chi connectivity index (χ2v) is 7.66. The van der Waals surface area contributed by atoms with E-state index >= 15 is 0 Å². The minimum Gasteiger partial charge on any atom is -0.481 e. The second-order valence-electron chi connectivity index (χ2n) is 7.66. The van der Waals surface area contributed by atoms with E-state index in [9.17, 15) is 24.3 Å². The van der Waals surface area contributed by atoms with Gasteiger partial charge in [-0.3, -0.25) is 29.6 Å². The summed E-state index contributed by atoms with van der Waals surface area (Å²) in [5, 5.41) is 25.9. The van der Waals surface area contributed by atoms with Gasteiger partial charge in [-0.15, -0.1) is 0 Å². The molecule has 7 N–H and O–H groups in total. The third-order valence-corrected chi connectivity index (χ3v) is 5.37. The summed E-state index contributed by atoms with van der Waals surface area (Å²) in [5.41, 5.74) is 6.52. The maximum Gasteiger partial charge on any atom is 0.326 e. The summed E-state index contributed by atoms with van der Waals surface area (Å²) in [6, 6.07) is 4.38. The molecule has 3 rings (SSSR count). The standard InChI is InChI=1S/C20H25N7O6/c1-27-12(9-23-16-15(27)18(31)26-20(21)25-16)8-22-11-4-2-10(3-5-11)17(30)24-13(19(32)33)6-7-14(28)29/h2-5,12-13,15,22H,6-9H2,1H3,(H,24,30)(H,28,29)(H,32,33)(H3,21,23,25,26,31). The molecule has 33 heavy (non-hydrogen) atoms. The van der Waals surface area contributed by atoms with Gasteiger partial charge in [0.1, 0.15) is 6.04 Å². The van der Waals surface area contributed by atoms with Crippen LogP contribution in [0.25, 0.3) is 0 Å². The fraction of sp³-hybridized carbons (Fsp3) is 0.400. The number of carbonyl (C=O) groups excluding carboxylic acids is 2.